The zero-order valence-electron chi connectivity index (χ0n) is 21.5. The number of nitrogens with zero attached hydrogens (tertiary/aromatic N) is 2. The first kappa shape index (κ1) is 27.9. The Kier molecular flexibility index (Phi) is 7.51. The maximum atomic E-state index is 13.3. The van der Waals surface area contributed by atoms with E-state index in [1.165, 1.54) is 11.8 Å². The van der Waals surface area contributed by atoms with Crippen molar-refractivity contribution in [1.82, 2.24) is 9.62 Å². The van der Waals surface area contributed by atoms with Gasteiger partial charge in [-0.2, -0.15) is 0 Å². The van der Waals surface area contributed by atoms with Crippen LogP contribution in [0.25, 0.3) is 0 Å². The van der Waals surface area contributed by atoms with Crippen LogP contribution >= 0.6 is 0 Å². The number of aliphatic hydroxyl groups is 1. The largest absolute Gasteiger partial charge is 0.573 e. The van der Waals surface area contributed by atoms with Gasteiger partial charge in [0.05, 0.1) is 23.1 Å². The molecular weight excluding hydrogens is 547 g/mol. The molecule has 12 heteroatoms. The van der Waals surface area contributed by atoms with E-state index in [0.29, 0.717) is 0 Å². The predicted molar refractivity (Wildman–Crippen MR) is 142 cm³/mol. The van der Waals surface area contributed by atoms with Gasteiger partial charge in [0.25, 0.3) is 0 Å². The Hall–Kier alpha value is -3.61. The molecule has 0 unspecified atom stereocenters. The smallest absolute Gasteiger partial charge is 0.406 e. The van der Waals surface area contributed by atoms with E-state index < -0.39 is 40.3 Å². The lowest BCUT2D eigenvalue weighted by Gasteiger charge is -2.47. The lowest BCUT2D eigenvalue weighted by Crippen LogP contribution is -2.65. The van der Waals surface area contributed by atoms with Gasteiger partial charge in [-0.3, -0.25) is 4.79 Å². The molecule has 40 heavy (non-hydrogen) atoms. The van der Waals surface area contributed by atoms with Crippen molar-refractivity contribution in [1.29, 1.82) is 0 Å². The topological polar surface area (TPSA) is 99.2 Å². The molecule has 0 spiro atoms. The molecule has 2 N–H and O–H groups in total. The SMILES string of the molecule is CC(=O)N1C[C@@H](NS(=O)(=O)c2ccc(OC(F)(F)F)cc2)[C@H](O)[C@@H](N2c3ccccc3CCc3ccccc32)C1. The molecule has 212 valence electrons. The van der Waals surface area contributed by atoms with Crippen molar-refractivity contribution in [3.05, 3.63) is 83.9 Å². The number of rotatable bonds is 5. The summed E-state index contributed by atoms with van der Waals surface area (Å²) in [6, 6.07) is 17.5. The van der Waals surface area contributed by atoms with E-state index in [1.807, 2.05) is 53.4 Å². The van der Waals surface area contributed by atoms with Crippen LogP contribution in [0.1, 0.15) is 18.1 Å². The highest BCUT2D eigenvalue weighted by molar-refractivity contribution is 7.89. The number of aryl methyl sites for hydroxylation is 2. The fourth-order valence-corrected chi connectivity index (χ4v) is 6.62. The van der Waals surface area contributed by atoms with Crippen molar-refractivity contribution >= 4 is 27.3 Å². The van der Waals surface area contributed by atoms with E-state index in [4.69, 9.17) is 0 Å². The molecule has 0 aromatic heterocycles. The average molecular weight is 576 g/mol. The molecule has 8 nitrogen and oxygen atoms in total. The van der Waals surface area contributed by atoms with E-state index >= 15 is 0 Å². The number of ether oxygens (including phenoxy) is 1. The number of sulfonamides is 1. The van der Waals surface area contributed by atoms with Crippen LogP contribution in [0.4, 0.5) is 24.5 Å². The first-order valence-corrected chi connectivity index (χ1v) is 14.2. The van der Waals surface area contributed by atoms with Crippen molar-refractivity contribution in [2.45, 2.75) is 49.2 Å². The molecular formula is C28H28F3N3O5S. The van der Waals surface area contributed by atoms with Crippen LogP contribution in [0.5, 0.6) is 5.75 Å². The Balaban J connectivity index is 1.49. The molecule has 1 fully saturated rings. The van der Waals surface area contributed by atoms with Crippen LogP contribution in [-0.2, 0) is 27.7 Å². The number of alkyl halides is 3. The number of anilines is 2. The second-order valence-electron chi connectivity index (χ2n) is 9.86. The molecule has 0 bridgehead atoms. The molecule has 1 amide bonds. The maximum absolute atomic E-state index is 13.3. The van der Waals surface area contributed by atoms with Crippen LogP contribution in [0, 0.1) is 0 Å². The first-order valence-electron chi connectivity index (χ1n) is 12.7. The van der Waals surface area contributed by atoms with Gasteiger partial charge in [0.1, 0.15) is 5.75 Å². The number of likely N-dealkylation sites (tertiary alicyclic amines) is 1. The van der Waals surface area contributed by atoms with Gasteiger partial charge in [-0.25, -0.2) is 13.1 Å². The number of nitrogens with one attached hydrogen (secondary N) is 1. The molecule has 3 aromatic rings. The first-order chi connectivity index (χ1) is 18.9. The van der Waals surface area contributed by atoms with E-state index in [1.54, 1.807) is 0 Å². The van der Waals surface area contributed by atoms with Gasteiger partial charge < -0.3 is 19.6 Å². The molecule has 1 saturated heterocycles. The van der Waals surface area contributed by atoms with Gasteiger partial charge in [-0.15, -0.1) is 13.2 Å². The number of hydrogen-bond donors (Lipinski definition) is 2. The number of aliphatic hydroxyl groups excluding tert-OH is 1. The summed E-state index contributed by atoms with van der Waals surface area (Å²) in [6.07, 6.45) is -4.61. The lowest BCUT2D eigenvalue weighted by molar-refractivity contribution is -0.274. The van der Waals surface area contributed by atoms with Gasteiger partial charge in [0.15, 0.2) is 0 Å². The molecule has 2 aliphatic rings. The summed E-state index contributed by atoms with van der Waals surface area (Å²) in [5.41, 5.74) is 3.85. The van der Waals surface area contributed by atoms with Gasteiger partial charge in [-0.1, -0.05) is 36.4 Å². The Morgan fingerprint density at radius 1 is 0.925 bits per heavy atom. The van der Waals surface area contributed by atoms with Crippen LogP contribution in [0.2, 0.25) is 0 Å². The fourth-order valence-electron chi connectivity index (χ4n) is 5.38. The Morgan fingerprint density at radius 3 is 2.00 bits per heavy atom. The summed E-state index contributed by atoms with van der Waals surface area (Å²) >= 11 is 0. The van der Waals surface area contributed by atoms with Crippen molar-refractivity contribution < 1.29 is 36.2 Å². The minimum Gasteiger partial charge on any atom is -0.406 e. The quantitative estimate of drug-likeness (QED) is 0.481. The second kappa shape index (κ2) is 10.8. The van der Waals surface area contributed by atoms with Crippen molar-refractivity contribution in [3.63, 3.8) is 0 Å². The van der Waals surface area contributed by atoms with E-state index in [9.17, 15) is 31.5 Å². The Labute approximate surface area is 230 Å². The van der Waals surface area contributed by atoms with Gasteiger partial charge in [-0.05, 0) is 60.4 Å². The van der Waals surface area contributed by atoms with Gasteiger partial charge in [0, 0.05) is 31.4 Å². The molecule has 3 atom stereocenters. The van der Waals surface area contributed by atoms with Crippen LogP contribution < -0.4 is 14.4 Å². The lowest BCUT2D eigenvalue weighted by atomic mass is 9.94. The summed E-state index contributed by atoms with van der Waals surface area (Å²) in [4.78, 5) is 15.7. The second-order valence-corrected chi connectivity index (χ2v) is 11.6. The standard InChI is InChI=1S/C28H28F3N3O5S/c1-18(35)33-16-23(32-40(37,38)22-14-12-21(13-15-22)39-28(29,30)31)27(36)26(17-33)34-24-8-4-2-6-19(24)10-11-20-7-3-5-9-25(20)34/h2-9,12-15,23,26-27,32,36H,10-11,16-17H2,1H3/t23-,26+,27+/m1/s1. The number of piperidine rings is 1. The molecule has 0 saturated carbocycles. The summed E-state index contributed by atoms with van der Waals surface area (Å²) in [7, 11) is -4.29. The van der Waals surface area contributed by atoms with Crippen LogP contribution in [0.3, 0.4) is 0 Å². The summed E-state index contributed by atoms with van der Waals surface area (Å²) in [5.74, 6) is -0.850. The number of para-hydroxylation sites is 2. The minimum atomic E-state index is -4.92. The monoisotopic (exact) mass is 575 g/mol. The number of carbonyl (C=O) groups is 1. The number of fused-ring (bicyclic) bond motifs is 2. The number of benzene rings is 3. The molecule has 0 radical (unpaired) electrons. The van der Waals surface area contributed by atoms with Crippen molar-refractivity contribution in [2.75, 3.05) is 18.0 Å². The Morgan fingerprint density at radius 2 is 1.48 bits per heavy atom. The average Bonchev–Trinajstić information content (AvgIpc) is 3.06. The van der Waals surface area contributed by atoms with Gasteiger partial charge in [0.2, 0.25) is 15.9 Å². The third kappa shape index (κ3) is 5.79. The summed E-state index contributed by atoms with van der Waals surface area (Å²) in [6.45, 7) is 1.45. The molecule has 3 aromatic carbocycles. The summed E-state index contributed by atoms with van der Waals surface area (Å²) < 4.78 is 70.4. The highest BCUT2D eigenvalue weighted by Crippen LogP contribution is 2.39. The highest BCUT2D eigenvalue weighted by Gasteiger charge is 2.43. The summed E-state index contributed by atoms with van der Waals surface area (Å²) in [5, 5.41) is 11.7. The number of halogens is 3. The molecule has 2 heterocycles. The third-order valence-electron chi connectivity index (χ3n) is 7.25. The third-order valence-corrected chi connectivity index (χ3v) is 8.75. The highest BCUT2D eigenvalue weighted by atomic mass is 32.2. The van der Waals surface area contributed by atoms with E-state index in [2.05, 4.69) is 9.46 Å². The molecule has 0 aliphatic carbocycles. The fraction of sp³-hybridized carbons (Fsp3) is 0.321. The molecule has 2 aliphatic heterocycles. The Bertz CT molecular complexity index is 1450. The van der Waals surface area contributed by atoms with Crippen LogP contribution in [0.15, 0.2) is 77.7 Å². The predicted octanol–water partition coefficient (Wildman–Crippen LogP) is 3.76. The van der Waals surface area contributed by atoms with Crippen molar-refractivity contribution in [3.8, 4) is 5.75 Å². The van der Waals surface area contributed by atoms with E-state index in [-0.39, 0.29) is 23.9 Å². The number of amides is 1. The van der Waals surface area contributed by atoms with Crippen molar-refractivity contribution in [2.24, 2.45) is 0 Å². The molecule has 5 rings (SSSR count). The van der Waals surface area contributed by atoms with Crippen LogP contribution in [-0.4, -0.2) is 62.0 Å². The van der Waals surface area contributed by atoms with Gasteiger partial charge >= 0.3 is 6.36 Å². The number of carbonyl (C=O) groups excluding carboxylic acids is 1. The zero-order valence-corrected chi connectivity index (χ0v) is 22.3. The van der Waals surface area contributed by atoms with E-state index in [0.717, 1.165) is 59.6 Å². The maximum Gasteiger partial charge on any atom is 0.573 e. The minimum absolute atomic E-state index is 0.0847. The normalized spacial score (nSPS) is 21.3. The zero-order chi connectivity index (χ0) is 28.7. The number of hydrogen-bond acceptors (Lipinski definition) is 6.